The third-order valence-corrected chi connectivity index (χ3v) is 12.4. The first kappa shape index (κ1) is 35.2. The summed E-state index contributed by atoms with van der Waals surface area (Å²) < 4.78 is 30.5. The van der Waals surface area contributed by atoms with Gasteiger partial charge in [0.15, 0.2) is 0 Å². The van der Waals surface area contributed by atoms with Gasteiger partial charge < -0.3 is 39.5 Å². The van der Waals surface area contributed by atoms with Gasteiger partial charge >= 0.3 is 13.7 Å². The smallest absolute Gasteiger partial charge is 0.407 e. The number of pyridine rings is 1. The Hall–Kier alpha value is -3.67. The van der Waals surface area contributed by atoms with Gasteiger partial charge in [-0.3, -0.25) is 14.2 Å². The highest BCUT2D eigenvalue weighted by Gasteiger charge is 2.66. The quantitative estimate of drug-likeness (QED) is 0.249. The average Bonchev–Trinajstić information content (AvgIpc) is 3.35. The number of nitrogens with zero attached hydrogens (tertiary/aromatic N) is 2. The predicted octanol–water partition coefficient (Wildman–Crippen LogP) is 4.44. The van der Waals surface area contributed by atoms with Crippen molar-refractivity contribution in [2.24, 2.45) is 17.3 Å². The van der Waals surface area contributed by atoms with Crippen molar-refractivity contribution in [1.29, 1.82) is 0 Å². The van der Waals surface area contributed by atoms with E-state index in [1.165, 1.54) is 11.0 Å². The van der Waals surface area contributed by atoms with Crippen molar-refractivity contribution < 1.29 is 42.9 Å². The van der Waals surface area contributed by atoms with Crippen molar-refractivity contribution in [2.45, 2.75) is 95.1 Å². The minimum absolute atomic E-state index is 0.00121. The second-order valence-corrected chi connectivity index (χ2v) is 16.6. The zero-order valence-electron chi connectivity index (χ0n) is 28.4. The van der Waals surface area contributed by atoms with Crippen molar-refractivity contribution in [3.8, 4) is 11.6 Å². The second kappa shape index (κ2) is 13.6. The number of hydrogen-bond acceptors (Lipinski definition) is 8. The van der Waals surface area contributed by atoms with Crippen LogP contribution in [0.25, 0.3) is 10.8 Å². The van der Waals surface area contributed by atoms with E-state index in [2.05, 4.69) is 22.2 Å². The fourth-order valence-electron chi connectivity index (χ4n) is 7.74. The first-order valence-electron chi connectivity index (χ1n) is 17.1. The molecule has 14 heteroatoms. The molecule has 1 aromatic heterocycles. The summed E-state index contributed by atoms with van der Waals surface area (Å²) in [7, 11) is -3.16. The van der Waals surface area contributed by atoms with Gasteiger partial charge in [0.2, 0.25) is 17.7 Å². The van der Waals surface area contributed by atoms with E-state index in [0.29, 0.717) is 12.3 Å². The zero-order valence-corrected chi connectivity index (χ0v) is 29.2. The van der Waals surface area contributed by atoms with Crippen LogP contribution in [-0.4, -0.2) is 81.3 Å². The van der Waals surface area contributed by atoms with Crippen LogP contribution >= 0.6 is 7.60 Å². The molecule has 4 bridgehead atoms. The lowest BCUT2D eigenvalue weighted by molar-refractivity contribution is -0.141. The molecule has 3 fully saturated rings. The number of rotatable bonds is 6. The highest BCUT2D eigenvalue weighted by atomic mass is 31.2. The molecule has 1 saturated heterocycles. The Bertz CT molecular complexity index is 1670. The van der Waals surface area contributed by atoms with Gasteiger partial charge in [0, 0.05) is 23.9 Å². The van der Waals surface area contributed by atoms with Crippen molar-refractivity contribution >= 4 is 36.3 Å². The van der Waals surface area contributed by atoms with Gasteiger partial charge in [-0.15, -0.1) is 6.58 Å². The van der Waals surface area contributed by atoms with Crippen LogP contribution in [0.4, 0.5) is 4.79 Å². The summed E-state index contributed by atoms with van der Waals surface area (Å²) in [6.45, 7) is 7.87. The molecule has 6 rings (SSSR count). The summed E-state index contributed by atoms with van der Waals surface area (Å²) in [5, 5.41) is 5.28. The lowest BCUT2D eigenvalue weighted by Crippen LogP contribution is -2.57. The van der Waals surface area contributed by atoms with Crippen LogP contribution in [0.1, 0.15) is 70.8 Å². The average molecular weight is 699 g/mol. The van der Waals surface area contributed by atoms with Gasteiger partial charge in [0.1, 0.15) is 29.2 Å². The summed E-state index contributed by atoms with van der Waals surface area (Å²) in [4.78, 5) is 68.1. The molecule has 2 saturated carbocycles. The Morgan fingerprint density at radius 2 is 1.98 bits per heavy atom. The number of amides is 3. The Labute approximate surface area is 286 Å². The predicted molar refractivity (Wildman–Crippen MR) is 181 cm³/mol. The molecule has 5 atom stereocenters. The van der Waals surface area contributed by atoms with Crippen molar-refractivity contribution in [3.63, 3.8) is 0 Å². The van der Waals surface area contributed by atoms with Gasteiger partial charge in [-0.1, -0.05) is 32.8 Å². The maximum atomic E-state index is 14.5. The standard InChI is InChI=1S/C35H47N4O9P/c1-5-24-18-35(24,49(43,44)45)38-30(40)27-17-25-19-39(27)32(41)29(21-9-6-7-10-21)37-33(42)47-20-34(2,3)13-8-11-23-15-26-22(16-28(23)46-4)12-14-36-31(26)48-25/h5,12,14-16,21,24-25,27,29H,1,6-11,13,17-20H2,2-4H3,(H,37,42)(H,38,40)(H2,43,44,45)/t24?,25-,27+,29+,35?/m1/s1. The number of hydrogen-bond donors (Lipinski definition) is 4. The van der Waals surface area contributed by atoms with E-state index >= 15 is 0 Å². The molecule has 1 aromatic carbocycles. The van der Waals surface area contributed by atoms with Crippen LogP contribution < -0.4 is 20.1 Å². The lowest BCUT2D eigenvalue weighted by Gasteiger charge is -2.32. The maximum Gasteiger partial charge on any atom is 0.407 e. The Kier molecular flexibility index (Phi) is 9.74. The number of alkyl carbamates (subject to hydrolysis) is 1. The van der Waals surface area contributed by atoms with E-state index in [9.17, 15) is 28.7 Å². The molecule has 4 N–H and O–H groups in total. The Morgan fingerprint density at radius 1 is 1.22 bits per heavy atom. The summed E-state index contributed by atoms with van der Waals surface area (Å²) in [6, 6.07) is 3.73. The molecule has 2 aliphatic carbocycles. The van der Waals surface area contributed by atoms with Crippen LogP contribution in [0.3, 0.4) is 0 Å². The van der Waals surface area contributed by atoms with E-state index in [4.69, 9.17) is 14.2 Å². The molecule has 0 radical (unpaired) electrons. The summed E-state index contributed by atoms with van der Waals surface area (Å²) in [6.07, 6.45) is 7.27. The number of methoxy groups -OCH3 is 1. The number of ether oxygens (including phenoxy) is 3. The Balaban J connectivity index is 1.38. The summed E-state index contributed by atoms with van der Waals surface area (Å²) in [5.41, 5.74) is 0.620. The first-order chi connectivity index (χ1) is 23.2. The topological polar surface area (TPSA) is 177 Å². The molecule has 2 aromatic rings. The van der Waals surface area contributed by atoms with Crippen LogP contribution in [0.2, 0.25) is 0 Å². The monoisotopic (exact) mass is 698 g/mol. The van der Waals surface area contributed by atoms with Crippen LogP contribution in [0, 0.1) is 17.3 Å². The van der Waals surface area contributed by atoms with Gasteiger partial charge in [0.05, 0.1) is 20.3 Å². The highest BCUT2D eigenvalue weighted by molar-refractivity contribution is 7.54. The van der Waals surface area contributed by atoms with E-state index in [-0.39, 0.29) is 37.3 Å². The number of carbonyl (C=O) groups is 3. The molecule has 3 heterocycles. The fourth-order valence-corrected chi connectivity index (χ4v) is 8.97. The number of carbonyl (C=O) groups excluding carboxylic acids is 3. The third-order valence-electron chi connectivity index (χ3n) is 10.7. The van der Waals surface area contributed by atoms with Gasteiger partial charge in [-0.2, -0.15) is 0 Å². The van der Waals surface area contributed by atoms with Crippen molar-refractivity contribution in [1.82, 2.24) is 20.5 Å². The molecule has 2 unspecified atom stereocenters. The summed E-state index contributed by atoms with van der Waals surface area (Å²) in [5.74, 6) is -0.867. The molecule has 266 valence electrons. The Morgan fingerprint density at radius 3 is 2.65 bits per heavy atom. The lowest BCUT2D eigenvalue weighted by atomic mass is 9.87. The van der Waals surface area contributed by atoms with Gasteiger partial charge in [-0.25, -0.2) is 9.78 Å². The van der Waals surface area contributed by atoms with Gasteiger partial charge in [0.25, 0.3) is 0 Å². The largest absolute Gasteiger partial charge is 0.496 e. The van der Waals surface area contributed by atoms with Crippen LogP contribution in [0.15, 0.2) is 37.1 Å². The molecule has 0 spiro atoms. The minimum atomic E-state index is -4.78. The van der Waals surface area contributed by atoms with Crippen LogP contribution in [0.5, 0.6) is 11.6 Å². The molecule has 3 amide bonds. The number of aromatic nitrogens is 1. The highest BCUT2D eigenvalue weighted by Crippen LogP contribution is 2.67. The molecule has 13 nitrogen and oxygen atoms in total. The number of benzene rings is 1. The van der Waals surface area contributed by atoms with Crippen molar-refractivity contribution in [2.75, 3.05) is 20.3 Å². The van der Waals surface area contributed by atoms with Gasteiger partial charge in [-0.05, 0) is 79.0 Å². The molecular formula is C35H47N4O9P. The first-order valence-corrected chi connectivity index (χ1v) is 18.7. The number of aryl methyl sites for hydroxylation is 1. The number of fused-ring (bicyclic) bond motifs is 3. The number of cyclic esters (lactones) is 1. The normalized spacial score (nSPS) is 29.4. The van der Waals surface area contributed by atoms with E-state index in [1.54, 1.807) is 13.3 Å². The molecular weight excluding hydrogens is 651 g/mol. The van der Waals surface area contributed by atoms with E-state index in [0.717, 1.165) is 60.6 Å². The van der Waals surface area contributed by atoms with E-state index in [1.807, 2.05) is 32.0 Å². The second-order valence-electron chi connectivity index (χ2n) is 14.7. The van der Waals surface area contributed by atoms with Crippen molar-refractivity contribution in [3.05, 3.63) is 42.6 Å². The molecule has 49 heavy (non-hydrogen) atoms. The molecule has 4 aliphatic rings. The number of nitrogens with one attached hydrogen (secondary N) is 2. The fraction of sp³-hybridized carbons (Fsp3) is 0.600. The third kappa shape index (κ3) is 7.16. The molecule has 2 aliphatic heterocycles. The summed E-state index contributed by atoms with van der Waals surface area (Å²) >= 11 is 0. The maximum absolute atomic E-state index is 14.5. The zero-order chi connectivity index (χ0) is 35.1. The van der Waals surface area contributed by atoms with E-state index < -0.39 is 54.9 Å². The SMILES string of the molecule is C=CC1CC1(NC(=O)[C@@H]1C[C@@H]2CN1C(=O)[C@H](C1CCCC1)NC(=O)OCC(C)(C)CCCc1cc3c(nccc3cc1OC)O2)P(=O)(O)O. The van der Waals surface area contributed by atoms with Crippen LogP contribution in [-0.2, 0) is 25.3 Å². The minimum Gasteiger partial charge on any atom is -0.496 e.